The predicted molar refractivity (Wildman–Crippen MR) is 91.9 cm³/mol. The SMILES string of the molecule is COC(=O)c1ccc(NC(=O)COC(=O)c2cn3ccccc3n2)cc1. The van der Waals surface area contributed by atoms with Crippen LogP contribution in [0.15, 0.2) is 54.9 Å². The second kappa shape index (κ2) is 7.47. The van der Waals surface area contributed by atoms with Gasteiger partial charge in [0.05, 0.1) is 12.7 Å². The van der Waals surface area contributed by atoms with E-state index in [0.717, 1.165) is 0 Å². The highest BCUT2D eigenvalue weighted by molar-refractivity contribution is 5.95. The molecule has 132 valence electrons. The van der Waals surface area contributed by atoms with Gasteiger partial charge in [0, 0.05) is 18.1 Å². The average molecular weight is 353 g/mol. The van der Waals surface area contributed by atoms with E-state index in [1.807, 2.05) is 6.07 Å². The van der Waals surface area contributed by atoms with E-state index in [1.54, 1.807) is 34.9 Å². The lowest BCUT2D eigenvalue weighted by molar-refractivity contribution is -0.119. The maximum Gasteiger partial charge on any atom is 0.359 e. The summed E-state index contributed by atoms with van der Waals surface area (Å²) in [5, 5.41) is 2.57. The van der Waals surface area contributed by atoms with Crippen LogP contribution in [0, 0.1) is 0 Å². The molecule has 1 aromatic carbocycles. The Labute approximate surface area is 148 Å². The molecule has 0 radical (unpaired) electrons. The molecule has 0 spiro atoms. The van der Waals surface area contributed by atoms with Gasteiger partial charge in [0.25, 0.3) is 5.91 Å². The summed E-state index contributed by atoms with van der Waals surface area (Å²) in [6.07, 6.45) is 3.28. The number of esters is 2. The predicted octanol–water partition coefficient (Wildman–Crippen LogP) is 1.92. The number of fused-ring (bicyclic) bond motifs is 1. The molecule has 26 heavy (non-hydrogen) atoms. The zero-order chi connectivity index (χ0) is 18.5. The van der Waals surface area contributed by atoms with Crippen molar-refractivity contribution in [3.05, 3.63) is 66.1 Å². The third-order valence-corrected chi connectivity index (χ3v) is 3.50. The first-order valence-corrected chi connectivity index (χ1v) is 7.66. The van der Waals surface area contributed by atoms with Crippen molar-refractivity contribution in [3.63, 3.8) is 0 Å². The molecule has 0 saturated carbocycles. The summed E-state index contributed by atoms with van der Waals surface area (Å²) in [5.41, 5.74) is 1.55. The molecule has 3 aromatic rings. The van der Waals surface area contributed by atoms with Crippen LogP contribution in [0.4, 0.5) is 5.69 Å². The van der Waals surface area contributed by atoms with Gasteiger partial charge in [-0.3, -0.25) is 4.79 Å². The Balaban J connectivity index is 1.55. The smallest absolute Gasteiger partial charge is 0.359 e. The minimum absolute atomic E-state index is 0.117. The summed E-state index contributed by atoms with van der Waals surface area (Å²) >= 11 is 0. The van der Waals surface area contributed by atoms with Crippen LogP contribution in [0.1, 0.15) is 20.8 Å². The van der Waals surface area contributed by atoms with Gasteiger partial charge in [-0.2, -0.15) is 0 Å². The van der Waals surface area contributed by atoms with E-state index in [2.05, 4.69) is 15.0 Å². The van der Waals surface area contributed by atoms with E-state index >= 15 is 0 Å². The minimum Gasteiger partial charge on any atom is -0.465 e. The number of carbonyl (C=O) groups is 3. The van der Waals surface area contributed by atoms with Gasteiger partial charge in [0.1, 0.15) is 5.65 Å². The minimum atomic E-state index is -0.690. The fraction of sp³-hybridized carbons (Fsp3) is 0.111. The highest BCUT2D eigenvalue weighted by Gasteiger charge is 2.14. The number of carbonyl (C=O) groups excluding carboxylic acids is 3. The van der Waals surface area contributed by atoms with Crippen molar-refractivity contribution in [2.24, 2.45) is 0 Å². The second-order valence-corrected chi connectivity index (χ2v) is 5.29. The maximum atomic E-state index is 12.0. The first-order chi connectivity index (χ1) is 12.6. The Morgan fingerprint density at radius 2 is 1.85 bits per heavy atom. The third-order valence-electron chi connectivity index (χ3n) is 3.50. The fourth-order valence-corrected chi connectivity index (χ4v) is 2.24. The van der Waals surface area contributed by atoms with Crippen molar-refractivity contribution in [2.45, 2.75) is 0 Å². The Morgan fingerprint density at radius 3 is 2.54 bits per heavy atom. The van der Waals surface area contributed by atoms with Crippen molar-refractivity contribution in [1.29, 1.82) is 0 Å². The van der Waals surface area contributed by atoms with Crippen molar-refractivity contribution in [2.75, 3.05) is 19.0 Å². The lowest BCUT2D eigenvalue weighted by Gasteiger charge is -2.06. The number of aromatic nitrogens is 2. The molecule has 0 fully saturated rings. The number of nitrogens with one attached hydrogen (secondary N) is 1. The van der Waals surface area contributed by atoms with E-state index in [0.29, 0.717) is 16.9 Å². The van der Waals surface area contributed by atoms with Crippen LogP contribution in [-0.4, -0.2) is 40.9 Å². The van der Waals surface area contributed by atoms with Crippen LogP contribution in [0.2, 0.25) is 0 Å². The molecule has 0 bridgehead atoms. The molecule has 0 unspecified atom stereocenters. The summed E-state index contributed by atoms with van der Waals surface area (Å²) in [4.78, 5) is 39.4. The second-order valence-electron chi connectivity index (χ2n) is 5.29. The molecular formula is C18H15N3O5. The molecule has 3 rings (SSSR count). The van der Waals surface area contributed by atoms with Gasteiger partial charge < -0.3 is 19.2 Å². The molecule has 0 saturated heterocycles. The number of nitrogens with zero attached hydrogens (tertiary/aromatic N) is 2. The third kappa shape index (κ3) is 3.86. The van der Waals surface area contributed by atoms with Gasteiger partial charge in [0.15, 0.2) is 12.3 Å². The number of benzene rings is 1. The number of pyridine rings is 1. The largest absolute Gasteiger partial charge is 0.465 e. The normalized spacial score (nSPS) is 10.3. The molecule has 0 aliphatic carbocycles. The van der Waals surface area contributed by atoms with Crippen LogP contribution >= 0.6 is 0 Å². The van der Waals surface area contributed by atoms with Gasteiger partial charge in [-0.25, -0.2) is 14.6 Å². The molecule has 2 aromatic heterocycles. The average Bonchev–Trinajstić information content (AvgIpc) is 3.10. The van der Waals surface area contributed by atoms with Gasteiger partial charge >= 0.3 is 11.9 Å². The van der Waals surface area contributed by atoms with Crippen molar-refractivity contribution in [3.8, 4) is 0 Å². The standard InChI is InChI=1S/C18H15N3O5/c1-25-17(23)12-5-7-13(8-6-12)19-16(22)11-26-18(24)14-10-21-9-3-2-4-15(21)20-14/h2-10H,11H2,1H3,(H,19,22). The van der Waals surface area contributed by atoms with Crippen molar-refractivity contribution >= 4 is 29.2 Å². The van der Waals surface area contributed by atoms with E-state index in [-0.39, 0.29) is 5.69 Å². The lowest BCUT2D eigenvalue weighted by Crippen LogP contribution is -2.21. The van der Waals surface area contributed by atoms with Crippen LogP contribution in [0.3, 0.4) is 0 Å². The molecule has 1 N–H and O–H groups in total. The Hall–Kier alpha value is -3.68. The van der Waals surface area contributed by atoms with E-state index < -0.39 is 24.5 Å². The molecule has 0 aliphatic rings. The van der Waals surface area contributed by atoms with E-state index in [9.17, 15) is 14.4 Å². The number of methoxy groups -OCH3 is 1. The highest BCUT2D eigenvalue weighted by atomic mass is 16.5. The molecule has 2 heterocycles. The number of rotatable bonds is 5. The summed E-state index contributed by atoms with van der Waals surface area (Å²) in [6, 6.07) is 11.5. The highest BCUT2D eigenvalue weighted by Crippen LogP contribution is 2.11. The Bertz CT molecular complexity index is 929. The van der Waals surface area contributed by atoms with E-state index in [1.165, 1.54) is 25.4 Å². The first-order valence-electron chi connectivity index (χ1n) is 7.66. The van der Waals surface area contributed by atoms with Crippen molar-refractivity contribution < 1.29 is 23.9 Å². The van der Waals surface area contributed by atoms with Gasteiger partial charge in [-0.1, -0.05) is 6.07 Å². The Morgan fingerprint density at radius 1 is 1.08 bits per heavy atom. The molecule has 1 amide bonds. The zero-order valence-corrected chi connectivity index (χ0v) is 13.8. The molecule has 0 aliphatic heterocycles. The van der Waals surface area contributed by atoms with E-state index in [4.69, 9.17) is 4.74 Å². The number of hydrogen-bond donors (Lipinski definition) is 1. The number of ether oxygens (including phenoxy) is 2. The lowest BCUT2D eigenvalue weighted by atomic mass is 10.2. The van der Waals surface area contributed by atoms with Gasteiger partial charge in [-0.05, 0) is 36.4 Å². The van der Waals surface area contributed by atoms with Crippen LogP contribution in [-0.2, 0) is 14.3 Å². The maximum absolute atomic E-state index is 12.0. The molecular weight excluding hydrogens is 338 g/mol. The number of amides is 1. The van der Waals surface area contributed by atoms with Crippen LogP contribution < -0.4 is 5.32 Å². The summed E-state index contributed by atoms with van der Waals surface area (Å²) < 4.78 is 11.2. The zero-order valence-electron chi connectivity index (χ0n) is 13.8. The number of imidazole rings is 1. The number of hydrogen-bond acceptors (Lipinski definition) is 6. The summed E-state index contributed by atoms with van der Waals surface area (Å²) in [6.45, 7) is -0.453. The molecule has 0 atom stereocenters. The Kier molecular flexibility index (Phi) is 4.93. The first kappa shape index (κ1) is 17.2. The quantitative estimate of drug-likeness (QED) is 0.704. The fourth-order valence-electron chi connectivity index (χ4n) is 2.24. The van der Waals surface area contributed by atoms with Crippen LogP contribution in [0.25, 0.3) is 5.65 Å². The molecule has 8 nitrogen and oxygen atoms in total. The molecule has 8 heteroatoms. The summed E-state index contributed by atoms with van der Waals surface area (Å²) in [5.74, 6) is -1.66. The topological polar surface area (TPSA) is 99.0 Å². The summed E-state index contributed by atoms with van der Waals surface area (Å²) in [7, 11) is 1.29. The van der Waals surface area contributed by atoms with Crippen molar-refractivity contribution in [1.82, 2.24) is 9.38 Å². The van der Waals surface area contributed by atoms with Crippen LogP contribution in [0.5, 0.6) is 0 Å². The monoisotopic (exact) mass is 353 g/mol. The van der Waals surface area contributed by atoms with Gasteiger partial charge in [-0.15, -0.1) is 0 Å². The number of anilines is 1. The van der Waals surface area contributed by atoms with Gasteiger partial charge in [0.2, 0.25) is 0 Å².